The minimum atomic E-state index is -0.208. The van der Waals surface area contributed by atoms with Crippen molar-refractivity contribution in [3.8, 4) is 5.88 Å². The van der Waals surface area contributed by atoms with Crippen LogP contribution in [0.2, 0.25) is 0 Å². The molecule has 1 atom stereocenters. The van der Waals surface area contributed by atoms with Crippen LogP contribution >= 0.6 is 11.3 Å². The monoisotopic (exact) mass is 373 g/mol. The standard InChI is InChI=1S/C19H24N4O2S/c1-3-15-20-19-23(21-15)18(25)17(26-19)16(13-6-4-12(2)5-7-13)22-10-8-14(24)9-11-22/h4-7,14,16,24-25H,3,8-11H2,1-2H3/p+1/t16-/m0/s1. The number of nitrogens with zero attached hydrogens (tertiary/aromatic N) is 3. The Balaban J connectivity index is 1.78. The second kappa shape index (κ2) is 6.98. The van der Waals surface area contributed by atoms with Crippen molar-refractivity contribution >= 4 is 16.3 Å². The summed E-state index contributed by atoms with van der Waals surface area (Å²) >= 11 is 1.52. The molecular formula is C19H25N4O2S+. The number of quaternary nitrogens is 1. The van der Waals surface area contributed by atoms with Crippen molar-refractivity contribution in [2.45, 2.75) is 45.3 Å². The molecule has 1 fully saturated rings. The fourth-order valence-electron chi connectivity index (χ4n) is 3.72. The summed E-state index contributed by atoms with van der Waals surface area (Å²) in [6.45, 7) is 5.85. The predicted octanol–water partition coefficient (Wildman–Crippen LogP) is 1.50. The van der Waals surface area contributed by atoms with Gasteiger partial charge in [0.25, 0.3) is 0 Å². The van der Waals surface area contributed by atoms with Gasteiger partial charge >= 0.3 is 0 Å². The predicted molar refractivity (Wildman–Crippen MR) is 101 cm³/mol. The van der Waals surface area contributed by atoms with Crippen LogP contribution in [0.15, 0.2) is 24.3 Å². The van der Waals surface area contributed by atoms with Gasteiger partial charge in [0, 0.05) is 24.8 Å². The van der Waals surface area contributed by atoms with Crippen molar-refractivity contribution < 1.29 is 15.1 Å². The molecule has 0 radical (unpaired) electrons. The molecular weight excluding hydrogens is 348 g/mol. The molecule has 0 unspecified atom stereocenters. The van der Waals surface area contributed by atoms with Crippen LogP contribution in [-0.2, 0) is 6.42 Å². The van der Waals surface area contributed by atoms with Crippen LogP contribution in [0.5, 0.6) is 5.88 Å². The van der Waals surface area contributed by atoms with Crippen molar-refractivity contribution in [3.05, 3.63) is 46.1 Å². The average molecular weight is 374 g/mol. The first kappa shape index (κ1) is 17.5. The van der Waals surface area contributed by atoms with Gasteiger partial charge in [-0.15, -0.1) is 5.10 Å². The van der Waals surface area contributed by atoms with Gasteiger partial charge in [-0.2, -0.15) is 4.52 Å². The molecule has 4 rings (SSSR count). The summed E-state index contributed by atoms with van der Waals surface area (Å²) in [4.78, 5) is 7.53. The number of aliphatic hydroxyl groups is 1. The molecule has 138 valence electrons. The normalized spacial score (nSPS) is 22.0. The van der Waals surface area contributed by atoms with Crippen molar-refractivity contribution in [3.63, 3.8) is 0 Å². The van der Waals surface area contributed by atoms with E-state index in [2.05, 4.69) is 41.3 Å². The number of likely N-dealkylation sites (tertiary alicyclic amines) is 1. The molecule has 1 aliphatic heterocycles. The number of aliphatic hydroxyl groups excluding tert-OH is 1. The Bertz CT molecular complexity index is 894. The van der Waals surface area contributed by atoms with E-state index in [-0.39, 0.29) is 18.0 Å². The average Bonchev–Trinajstić information content (AvgIpc) is 3.18. The maximum atomic E-state index is 10.9. The van der Waals surface area contributed by atoms with E-state index >= 15 is 0 Å². The number of thiazole rings is 1. The molecule has 1 aliphatic rings. The number of hydrogen-bond acceptors (Lipinski definition) is 5. The first-order valence-electron chi connectivity index (χ1n) is 9.23. The number of rotatable bonds is 4. The zero-order valence-electron chi connectivity index (χ0n) is 15.1. The molecule has 0 bridgehead atoms. The highest BCUT2D eigenvalue weighted by atomic mass is 32.1. The van der Waals surface area contributed by atoms with Gasteiger partial charge in [-0.05, 0) is 6.92 Å². The Morgan fingerprint density at radius 1 is 1.27 bits per heavy atom. The fraction of sp³-hybridized carbons (Fsp3) is 0.474. The highest BCUT2D eigenvalue weighted by Gasteiger charge is 2.35. The summed E-state index contributed by atoms with van der Waals surface area (Å²) in [7, 11) is 0. The Morgan fingerprint density at radius 2 is 1.96 bits per heavy atom. The van der Waals surface area contributed by atoms with Crippen LogP contribution in [0.4, 0.5) is 0 Å². The molecule has 0 spiro atoms. The van der Waals surface area contributed by atoms with Gasteiger partial charge in [-0.1, -0.05) is 48.1 Å². The van der Waals surface area contributed by atoms with E-state index in [0.717, 1.165) is 48.0 Å². The lowest BCUT2D eigenvalue weighted by molar-refractivity contribution is -0.931. The second-order valence-corrected chi connectivity index (χ2v) is 8.11. The summed E-state index contributed by atoms with van der Waals surface area (Å²) in [5.41, 5.74) is 2.40. The third-order valence-electron chi connectivity index (χ3n) is 5.24. The minimum Gasteiger partial charge on any atom is -0.492 e. The van der Waals surface area contributed by atoms with Crippen molar-refractivity contribution in [2.24, 2.45) is 0 Å². The molecule has 3 aromatic rings. The maximum Gasteiger partial charge on any atom is 0.235 e. The van der Waals surface area contributed by atoms with E-state index in [9.17, 15) is 10.2 Å². The van der Waals surface area contributed by atoms with Gasteiger partial charge in [0.1, 0.15) is 4.88 Å². The van der Waals surface area contributed by atoms with Gasteiger partial charge in [-0.3, -0.25) is 0 Å². The minimum absolute atomic E-state index is 0.0293. The van der Waals surface area contributed by atoms with E-state index in [0.29, 0.717) is 0 Å². The fourth-order valence-corrected chi connectivity index (χ4v) is 4.88. The number of piperidine rings is 1. The zero-order chi connectivity index (χ0) is 18.3. The van der Waals surface area contributed by atoms with Gasteiger partial charge < -0.3 is 15.1 Å². The van der Waals surface area contributed by atoms with E-state index in [1.807, 2.05) is 6.92 Å². The lowest BCUT2D eigenvalue weighted by atomic mass is 9.98. The number of aromatic hydroxyl groups is 1. The highest BCUT2D eigenvalue weighted by Crippen LogP contribution is 2.35. The van der Waals surface area contributed by atoms with Crippen molar-refractivity contribution in [1.82, 2.24) is 14.6 Å². The molecule has 6 nitrogen and oxygen atoms in total. The summed E-state index contributed by atoms with van der Waals surface area (Å²) in [6, 6.07) is 8.55. The number of nitrogens with one attached hydrogen (secondary N) is 1. The Kier molecular flexibility index (Phi) is 4.69. The quantitative estimate of drug-likeness (QED) is 0.648. The number of fused-ring (bicyclic) bond motifs is 1. The smallest absolute Gasteiger partial charge is 0.235 e. The van der Waals surface area contributed by atoms with Gasteiger partial charge in [0.05, 0.1) is 19.2 Å². The molecule has 3 heterocycles. The van der Waals surface area contributed by atoms with E-state index in [1.165, 1.54) is 27.4 Å². The van der Waals surface area contributed by atoms with Crippen LogP contribution in [-0.4, -0.2) is 44.0 Å². The molecule has 1 saturated heterocycles. The third-order valence-corrected chi connectivity index (χ3v) is 6.32. The number of benzene rings is 1. The van der Waals surface area contributed by atoms with Crippen LogP contribution in [0.3, 0.4) is 0 Å². The summed E-state index contributed by atoms with van der Waals surface area (Å²) < 4.78 is 1.57. The van der Waals surface area contributed by atoms with Crippen molar-refractivity contribution in [1.29, 1.82) is 0 Å². The van der Waals surface area contributed by atoms with E-state index in [1.54, 1.807) is 4.52 Å². The third kappa shape index (κ3) is 3.11. The topological polar surface area (TPSA) is 75.1 Å². The first-order chi connectivity index (χ1) is 12.6. The Morgan fingerprint density at radius 3 is 2.58 bits per heavy atom. The Labute approximate surface area is 156 Å². The SMILES string of the molecule is CCc1nc2sc([C@H](c3ccc(C)cc3)[NH+]3CCC(O)CC3)c(O)n2n1. The van der Waals surface area contributed by atoms with E-state index < -0.39 is 0 Å². The molecule has 0 amide bonds. The van der Waals surface area contributed by atoms with Gasteiger partial charge in [-0.25, -0.2) is 4.98 Å². The first-order valence-corrected chi connectivity index (χ1v) is 10.0. The lowest BCUT2D eigenvalue weighted by Crippen LogP contribution is -3.13. The number of aryl methyl sites for hydroxylation is 2. The zero-order valence-corrected chi connectivity index (χ0v) is 16.0. The molecule has 3 N–H and O–H groups in total. The van der Waals surface area contributed by atoms with Gasteiger partial charge in [0.15, 0.2) is 11.9 Å². The van der Waals surface area contributed by atoms with Crippen LogP contribution in [0.25, 0.3) is 4.96 Å². The second-order valence-electron chi connectivity index (χ2n) is 7.10. The number of hydrogen-bond donors (Lipinski definition) is 3. The largest absolute Gasteiger partial charge is 0.492 e. The molecule has 0 aliphatic carbocycles. The summed E-state index contributed by atoms with van der Waals surface area (Å²) in [6.07, 6.45) is 2.12. The maximum absolute atomic E-state index is 10.9. The molecule has 0 saturated carbocycles. The van der Waals surface area contributed by atoms with Crippen molar-refractivity contribution in [2.75, 3.05) is 13.1 Å². The summed E-state index contributed by atoms with van der Waals surface area (Å²) in [5, 5.41) is 25.2. The summed E-state index contributed by atoms with van der Waals surface area (Å²) in [5.74, 6) is 0.944. The molecule has 2 aromatic heterocycles. The van der Waals surface area contributed by atoms with Crippen LogP contribution < -0.4 is 4.90 Å². The Hall–Kier alpha value is -1.96. The lowest BCUT2D eigenvalue weighted by Gasteiger charge is -2.33. The number of aromatic nitrogens is 3. The highest BCUT2D eigenvalue weighted by molar-refractivity contribution is 7.17. The molecule has 1 aromatic carbocycles. The van der Waals surface area contributed by atoms with Crippen LogP contribution in [0, 0.1) is 6.92 Å². The van der Waals surface area contributed by atoms with Crippen LogP contribution in [0.1, 0.15) is 47.6 Å². The van der Waals surface area contributed by atoms with E-state index in [4.69, 9.17) is 0 Å². The molecule has 7 heteroatoms. The van der Waals surface area contributed by atoms with Gasteiger partial charge in [0.2, 0.25) is 10.8 Å². The molecule has 26 heavy (non-hydrogen) atoms.